The number of benzene rings is 1. The third-order valence-electron chi connectivity index (χ3n) is 9.10. The van der Waals surface area contributed by atoms with Crippen LogP contribution in [0.5, 0.6) is 0 Å². The number of aryl methyl sites for hydroxylation is 2. The topological polar surface area (TPSA) is 126 Å². The summed E-state index contributed by atoms with van der Waals surface area (Å²) in [6.07, 6.45) is 7.43. The number of nitrogens with one attached hydrogen (secondary N) is 2. The molecule has 2 unspecified atom stereocenters. The number of hydrogen-bond donors (Lipinski definition) is 2. The van der Waals surface area contributed by atoms with Crippen molar-refractivity contribution in [3.8, 4) is 0 Å². The van der Waals surface area contributed by atoms with Gasteiger partial charge >= 0.3 is 6.03 Å². The lowest BCUT2D eigenvalue weighted by Gasteiger charge is -2.34. The van der Waals surface area contributed by atoms with Crippen LogP contribution in [-0.2, 0) is 25.7 Å². The number of hydrogen-bond acceptors (Lipinski definition) is 7. The van der Waals surface area contributed by atoms with Gasteiger partial charge in [-0.25, -0.2) is 9.69 Å². The molecule has 11 heteroatoms. The number of imide groups is 1. The van der Waals surface area contributed by atoms with Gasteiger partial charge in [-0.15, -0.1) is 4.31 Å². The number of nitrogens with zero attached hydrogens (tertiary/aromatic N) is 3. The van der Waals surface area contributed by atoms with E-state index in [2.05, 4.69) is 17.6 Å². The van der Waals surface area contributed by atoms with E-state index >= 15 is 0 Å². The molecule has 4 aliphatic rings. The Hall–Kier alpha value is -2.73. The van der Waals surface area contributed by atoms with E-state index in [1.807, 2.05) is 45.0 Å². The maximum Gasteiger partial charge on any atom is 0.329 e. The fourth-order valence-electron chi connectivity index (χ4n) is 6.42. The Bertz CT molecular complexity index is 1300. The Morgan fingerprint density at radius 3 is 2.33 bits per heavy atom. The highest BCUT2D eigenvalue weighted by Gasteiger charge is 2.48. The molecule has 10 nitrogen and oxygen atoms in total. The zero-order valence-electron chi connectivity index (χ0n) is 26.2. The fourth-order valence-corrected chi connectivity index (χ4v) is 7.39. The van der Waals surface area contributed by atoms with E-state index in [0.29, 0.717) is 37.5 Å². The van der Waals surface area contributed by atoms with Gasteiger partial charge in [0.15, 0.2) is 0 Å². The van der Waals surface area contributed by atoms with Crippen LogP contribution in [0.25, 0.3) is 6.08 Å². The molecule has 0 radical (unpaired) electrons. The number of carbonyl (C=O) groups is 3. The second-order valence-corrected chi connectivity index (χ2v) is 14.9. The van der Waals surface area contributed by atoms with E-state index in [1.54, 1.807) is 17.5 Å². The summed E-state index contributed by atoms with van der Waals surface area (Å²) in [5, 5.41) is 7.48. The summed E-state index contributed by atoms with van der Waals surface area (Å²) < 4.78 is 20.9. The lowest BCUT2D eigenvalue weighted by atomic mass is 9.82. The number of carbonyl (C=O) groups excluding carboxylic acids is 3. The normalized spacial score (nSPS) is 27.1. The van der Waals surface area contributed by atoms with Crippen molar-refractivity contribution in [3.05, 3.63) is 34.2 Å². The summed E-state index contributed by atoms with van der Waals surface area (Å²) in [4.78, 5) is 44.8. The maximum absolute atomic E-state index is 13.2. The van der Waals surface area contributed by atoms with Gasteiger partial charge in [0.2, 0.25) is 0 Å². The number of amidine groups is 1. The van der Waals surface area contributed by atoms with Gasteiger partial charge in [-0.1, -0.05) is 19.8 Å². The highest BCUT2D eigenvalue weighted by Crippen LogP contribution is 2.36. The summed E-state index contributed by atoms with van der Waals surface area (Å²) in [5.41, 5.74) is 1.94. The van der Waals surface area contributed by atoms with E-state index in [0.717, 1.165) is 46.2 Å². The van der Waals surface area contributed by atoms with Crippen LogP contribution in [0.2, 0.25) is 0 Å². The first-order valence-corrected chi connectivity index (χ1v) is 16.6. The summed E-state index contributed by atoms with van der Waals surface area (Å²) in [7, 11) is 0. The van der Waals surface area contributed by atoms with E-state index in [9.17, 15) is 18.9 Å². The molecule has 2 saturated heterocycles. The largest absolute Gasteiger partial charge is 0.593 e. The lowest BCUT2D eigenvalue weighted by molar-refractivity contribution is -0.125. The Morgan fingerprint density at radius 2 is 1.72 bits per heavy atom. The molecular weight excluding hydrogens is 566 g/mol. The Balaban J connectivity index is 1.20. The first-order chi connectivity index (χ1) is 20.3. The molecule has 1 spiro atoms. The van der Waals surface area contributed by atoms with Gasteiger partial charge in [0.1, 0.15) is 22.8 Å². The number of piperidine rings is 1. The Morgan fingerprint density at radius 1 is 1.09 bits per heavy atom. The standard InChI is InChI=1S/C32H45N5O5S/c1-20-7-9-23(10-8-20)27-34-29(39)32(35-27)12-14-36(15-13-32)43(41)16-11-25-21(2)17-24(18-22(25)3)37-28(38)26(33-30(37)40)19-42-31(4,5)6/h11,16-18,20,23,26H,7-10,12-15,19H2,1-6H3,(H,33,40)(H,34,35,39)/b16-11+/t20-,23-,26?,43?. The second-order valence-electron chi connectivity index (χ2n) is 13.5. The molecule has 1 aromatic rings. The molecule has 4 amide bonds. The maximum atomic E-state index is 13.2. The van der Waals surface area contributed by atoms with Crippen molar-refractivity contribution in [1.82, 2.24) is 14.9 Å². The molecule has 1 aromatic carbocycles. The number of rotatable bonds is 7. The van der Waals surface area contributed by atoms with Crippen LogP contribution in [0.15, 0.2) is 22.5 Å². The van der Waals surface area contributed by atoms with Crippen LogP contribution < -0.4 is 15.5 Å². The Kier molecular flexibility index (Phi) is 9.09. The van der Waals surface area contributed by atoms with Gasteiger partial charge in [0, 0.05) is 19.0 Å². The van der Waals surface area contributed by atoms with Gasteiger partial charge in [0.25, 0.3) is 11.8 Å². The van der Waals surface area contributed by atoms with Crippen LogP contribution in [0.1, 0.15) is 82.9 Å². The third-order valence-corrected chi connectivity index (χ3v) is 10.3. The highest BCUT2D eigenvalue weighted by atomic mass is 32.2. The van der Waals surface area contributed by atoms with E-state index in [-0.39, 0.29) is 18.4 Å². The molecule has 0 bridgehead atoms. The molecule has 1 aliphatic carbocycles. The minimum absolute atomic E-state index is 0.00773. The minimum Gasteiger partial charge on any atom is -0.593 e. The van der Waals surface area contributed by atoms with Crippen molar-refractivity contribution in [1.29, 1.82) is 0 Å². The Labute approximate surface area is 258 Å². The van der Waals surface area contributed by atoms with Crippen LogP contribution in [0.3, 0.4) is 0 Å². The number of ether oxygens (including phenoxy) is 1. The predicted octanol–water partition coefficient (Wildman–Crippen LogP) is 4.37. The lowest BCUT2D eigenvalue weighted by Crippen LogP contribution is -2.50. The average Bonchev–Trinajstić information content (AvgIpc) is 3.41. The molecule has 234 valence electrons. The zero-order chi connectivity index (χ0) is 31.1. The van der Waals surface area contributed by atoms with Gasteiger partial charge in [-0.2, -0.15) is 0 Å². The van der Waals surface area contributed by atoms with Crippen molar-refractivity contribution in [2.75, 3.05) is 24.6 Å². The van der Waals surface area contributed by atoms with E-state index in [4.69, 9.17) is 9.73 Å². The number of urea groups is 1. The van der Waals surface area contributed by atoms with E-state index in [1.165, 1.54) is 12.8 Å². The van der Waals surface area contributed by atoms with Crippen molar-refractivity contribution < 1.29 is 23.7 Å². The molecule has 43 heavy (non-hydrogen) atoms. The smallest absolute Gasteiger partial charge is 0.329 e. The van der Waals surface area contributed by atoms with Crippen molar-refractivity contribution >= 4 is 46.8 Å². The number of anilines is 1. The minimum atomic E-state index is -1.37. The third kappa shape index (κ3) is 6.84. The van der Waals surface area contributed by atoms with Gasteiger partial charge in [-0.05, 0) is 101 Å². The van der Waals surface area contributed by atoms with E-state index < -0.39 is 34.6 Å². The molecule has 2 N–H and O–H groups in total. The fraction of sp³-hybridized carbons (Fsp3) is 0.625. The first kappa shape index (κ1) is 31.7. The van der Waals surface area contributed by atoms with Crippen molar-refractivity contribution in [2.24, 2.45) is 16.8 Å². The molecular formula is C32H45N5O5S. The van der Waals surface area contributed by atoms with Crippen LogP contribution in [0.4, 0.5) is 10.5 Å². The van der Waals surface area contributed by atoms with Crippen molar-refractivity contribution in [2.45, 2.75) is 97.2 Å². The number of amides is 4. The highest BCUT2D eigenvalue weighted by molar-refractivity contribution is 7.92. The molecule has 1 saturated carbocycles. The summed E-state index contributed by atoms with van der Waals surface area (Å²) in [6, 6.07) is 2.39. The SMILES string of the molecule is Cc1cc(N2C(=O)NC(COC(C)(C)C)C2=O)cc(C)c1/C=C/[S+]([O-])N1CCC2(CC1)N=C([C@H]1CC[C@H](C)CC1)NC2=O. The first-order valence-electron chi connectivity index (χ1n) is 15.4. The average molecular weight is 612 g/mol. The summed E-state index contributed by atoms with van der Waals surface area (Å²) >= 11 is -1.37. The van der Waals surface area contributed by atoms with Crippen LogP contribution in [-0.4, -0.2) is 69.4 Å². The van der Waals surface area contributed by atoms with Crippen molar-refractivity contribution in [3.63, 3.8) is 0 Å². The molecule has 3 fully saturated rings. The number of aliphatic imine (C=N–C) groups is 1. The van der Waals surface area contributed by atoms with Crippen LogP contribution >= 0.6 is 0 Å². The quantitative estimate of drug-likeness (QED) is 0.349. The zero-order valence-corrected chi connectivity index (χ0v) is 27.0. The van der Waals surface area contributed by atoms with Crippen LogP contribution in [0, 0.1) is 25.7 Å². The second kappa shape index (κ2) is 12.3. The molecule has 3 heterocycles. The molecule has 0 aromatic heterocycles. The van der Waals surface area contributed by atoms with Gasteiger partial charge < -0.3 is 19.9 Å². The van der Waals surface area contributed by atoms with Gasteiger partial charge in [-0.3, -0.25) is 14.6 Å². The predicted molar refractivity (Wildman–Crippen MR) is 169 cm³/mol. The summed E-state index contributed by atoms with van der Waals surface area (Å²) in [5.74, 6) is 1.59. The van der Waals surface area contributed by atoms with Gasteiger partial charge in [0.05, 0.1) is 29.3 Å². The molecule has 2 atom stereocenters. The monoisotopic (exact) mass is 611 g/mol. The summed E-state index contributed by atoms with van der Waals surface area (Å²) in [6.45, 7) is 12.9. The molecule has 5 rings (SSSR count). The molecule has 3 aliphatic heterocycles.